The molecule has 0 aliphatic heterocycles. The first-order valence-corrected chi connectivity index (χ1v) is 9.77. The lowest BCUT2D eigenvalue weighted by atomic mass is 10.2. The molecule has 1 heterocycles. The van der Waals surface area contributed by atoms with Gasteiger partial charge in [-0.2, -0.15) is 5.10 Å². The number of aromatic nitrogens is 3. The molecule has 0 atom stereocenters. The van der Waals surface area contributed by atoms with Crippen molar-refractivity contribution in [3.63, 3.8) is 0 Å². The lowest BCUT2D eigenvalue weighted by Gasteiger charge is -2.04. The van der Waals surface area contributed by atoms with Crippen molar-refractivity contribution in [1.29, 1.82) is 0 Å². The number of carbonyl (C=O) groups excluding carboxylic acids is 1. The molecule has 2 N–H and O–H groups in total. The predicted octanol–water partition coefficient (Wildman–Crippen LogP) is 3.74. The highest BCUT2D eigenvalue weighted by Gasteiger charge is 2.12. The van der Waals surface area contributed by atoms with Crippen LogP contribution in [0.3, 0.4) is 0 Å². The number of halogens is 2. The van der Waals surface area contributed by atoms with Gasteiger partial charge < -0.3 is 9.67 Å². The largest absolute Gasteiger partial charge is 0.507 e. The summed E-state index contributed by atoms with van der Waals surface area (Å²) < 4.78 is 1.80. The van der Waals surface area contributed by atoms with E-state index in [0.717, 1.165) is 5.56 Å². The van der Waals surface area contributed by atoms with Crippen molar-refractivity contribution in [3.05, 3.63) is 58.1 Å². The number of benzene rings is 2. The maximum Gasteiger partial charge on any atom is 0.250 e. The van der Waals surface area contributed by atoms with Gasteiger partial charge in [-0.15, -0.1) is 10.2 Å². The molecular formula is C18H15Cl2N5O2S. The minimum Gasteiger partial charge on any atom is -0.507 e. The maximum atomic E-state index is 12.0. The van der Waals surface area contributed by atoms with Crippen LogP contribution in [0.1, 0.15) is 5.56 Å². The molecule has 2 aromatic carbocycles. The molecule has 1 aromatic heterocycles. The van der Waals surface area contributed by atoms with Crippen LogP contribution in [0.4, 0.5) is 0 Å². The molecule has 0 saturated carbocycles. The molecule has 0 radical (unpaired) electrons. The van der Waals surface area contributed by atoms with E-state index in [0.29, 0.717) is 26.6 Å². The van der Waals surface area contributed by atoms with Crippen LogP contribution in [0.5, 0.6) is 5.75 Å². The Morgan fingerprint density at radius 3 is 2.68 bits per heavy atom. The number of nitrogens with one attached hydrogen (secondary N) is 1. The molecule has 7 nitrogen and oxygen atoms in total. The summed E-state index contributed by atoms with van der Waals surface area (Å²) in [5.74, 6) is 0.476. The van der Waals surface area contributed by atoms with Crippen LogP contribution in [-0.4, -0.2) is 37.7 Å². The molecule has 0 fully saturated rings. The van der Waals surface area contributed by atoms with Crippen LogP contribution >= 0.6 is 35.0 Å². The minimum atomic E-state index is -0.321. The van der Waals surface area contributed by atoms with Crippen LogP contribution in [0.25, 0.3) is 11.4 Å². The Hall–Kier alpha value is -2.55. The number of aromatic hydroxyl groups is 1. The highest BCUT2D eigenvalue weighted by atomic mass is 35.5. The molecule has 3 aromatic rings. The number of phenolic OH excluding ortho intramolecular Hbond substituents is 1. The highest BCUT2D eigenvalue weighted by molar-refractivity contribution is 7.99. The van der Waals surface area contributed by atoms with E-state index >= 15 is 0 Å². The first kappa shape index (κ1) is 20.2. The Kier molecular flexibility index (Phi) is 6.56. The Bertz CT molecular complexity index is 1020. The monoisotopic (exact) mass is 435 g/mol. The third-order valence-electron chi connectivity index (χ3n) is 3.65. The molecule has 0 unspecified atom stereocenters. The number of rotatable bonds is 6. The van der Waals surface area contributed by atoms with Crippen LogP contribution in [0, 0.1) is 0 Å². The third-order valence-corrected chi connectivity index (χ3v) is 5.16. The topological polar surface area (TPSA) is 92.4 Å². The number of hydrogen-bond acceptors (Lipinski definition) is 6. The number of phenols is 1. The Labute approximate surface area is 175 Å². The summed E-state index contributed by atoms with van der Waals surface area (Å²) in [5.41, 5.74) is 3.68. The van der Waals surface area contributed by atoms with Gasteiger partial charge in [-0.3, -0.25) is 4.79 Å². The SMILES string of the molecule is Cn1c(SCC(=O)NN=Cc2cc(Cl)ccc2O)nnc1-c1ccc(Cl)cc1. The van der Waals surface area contributed by atoms with Crippen LogP contribution in [0.15, 0.2) is 52.7 Å². The average Bonchev–Trinajstić information content (AvgIpc) is 3.04. The fraction of sp³-hybridized carbons (Fsp3) is 0.111. The zero-order chi connectivity index (χ0) is 20.1. The summed E-state index contributed by atoms with van der Waals surface area (Å²) in [6, 6.07) is 11.8. The van der Waals surface area contributed by atoms with Gasteiger partial charge in [0, 0.05) is 28.2 Å². The Morgan fingerprint density at radius 2 is 1.93 bits per heavy atom. The number of hydrogen-bond donors (Lipinski definition) is 2. The lowest BCUT2D eigenvalue weighted by Crippen LogP contribution is -2.19. The molecule has 0 saturated heterocycles. The van der Waals surface area contributed by atoms with Gasteiger partial charge in [0.2, 0.25) is 0 Å². The van der Waals surface area contributed by atoms with E-state index < -0.39 is 0 Å². The summed E-state index contributed by atoms with van der Waals surface area (Å²) in [6.45, 7) is 0. The molecule has 10 heteroatoms. The molecule has 0 bridgehead atoms. The van der Waals surface area contributed by atoms with Crippen molar-refractivity contribution in [1.82, 2.24) is 20.2 Å². The van der Waals surface area contributed by atoms with E-state index in [2.05, 4.69) is 20.7 Å². The molecule has 0 aliphatic rings. The second-order valence-electron chi connectivity index (χ2n) is 5.66. The maximum absolute atomic E-state index is 12.0. The van der Waals surface area contributed by atoms with E-state index in [4.69, 9.17) is 23.2 Å². The van der Waals surface area contributed by atoms with Crippen molar-refractivity contribution < 1.29 is 9.90 Å². The molecule has 144 valence electrons. The van der Waals surface area contributed by atoms with Crippen LogP contribution in [0.2, 0.25) is 10.0 Å². The molecule has 0 aliphatic carbocycles. The van der Waals surface area contributed by atoms with E-state index in [-0.39, 0.29) is 17.4 Å². The zero-order valence-electron chi connectivity index (χ0n) is 14.6. The normalized spacial score (nSPS) is 11.1. The van der Waals surface area contributed by atoms with Gasteiger partial charge >= 0.3 is 0 Å². The summed E-state index contributed by atoms with van der Waals surface area (Å²) in [5, 5.41) is 23.5. The van der Waals surface area contributed by atoms with Gasteiger partial charge in [0.05, 0.1) is 12.0 Å². The summed E-state index contributed by atoms with van der Waals surface area (Å²) in [7, 11) is 1.82. The minimum absolute atomic E-state index is 0.0191. The van der Waals surface area contributed by atoms with Gasteiger partial charge in [-0.05, 0) is 42.5 Å². The van der Waals surface area contributed by atoms with Crippen molar-refractivity contribution in [2.75, 3.05) is 5.75 Å². The number of nitrogens with zero attached hydrogens (tertiary/aromatic N) is 4. The van der Waals surface area contributed by atoms with Crippen molar-refractivity contribution in [2.24, 2.45) is 12.1 Å². The Morgan fingerprint density at radius 1 is 1.21 bits per heavy atom. The summed E-state index contributed by atoms with van der Waals surface area (Å²) in [6.07, 6.45) is 1.32. The molecular weight excluding hydrogens is 421 g/mol. The first-order valence-electron chi connectivity index (χ1n) is 8.02. The van der Waals surface area contributed by atoms with E-state index in [1.807, 2.05) is 19.2 Å². The number of amides is 1. The summed E-state index contributed by atoms with van der Waals surface area (Å²) >= 11 is 13.0. The number of thioether (sulfide) groups is 1. The number of hydrazone groups is 1. The predicted molar refractivity (Wildman–Crippen MR) is 111 cm³/mol. The first-order chi connectivity index (χ1) is 13.4. The molecule has 28 heavy (non-hydrogen) atoms. The van der Waals surface area contributed by atoms with Gasteiger partial charge in [-0.25, -0.2) is 5.43 Å². The van der Waals surface area contributed by atoms with Crippen LogP contribution < -0.4 is 5.43 Å². The van der Waals surface area contributed by atoms with E-state index in [1.165, 1.54) is 24.0 Å². The second-order valence-corrected chi connectivity index (χ2v) is 7.47. The summed E-state index contributed by atoms with van der Waals surface area (Å²) in [4.78, 5) is 12.0. The molecule has 0 spiro atoms. The quantitative estimate of drug-likeness (QED) is 0.349. The van der Waals surface area contributed by atoms with Crippen molar-refractivity contribution in [2.45, 2.75) is 5.16 Å². The van der Waals surface area contributed by atoms with Gasteiger partial charge in [0.15, 0.2) is 11.0 Å². The smallest absolute Gasteiger partial charge is 0.250 e. The van der Waals surface area contributed by atoms with Gasteiger partial charge in [0.1, 0.15) is 5.75 Å². The third kappa shape index (κ3) is 5.03. The Balaban J connectivity index is 1.57. The standard InChI is InChI=1S/C18H15Cl2N5O2S/c1-25-17(11-2-4-13(19)5-3-11)23-24-18(25)28-10-16(27)22-21-9-12-8-14(20)6-7-15(12)26/h2-9,26H,10H2,1H3,(H,22,27). The number of carbonyl (C=O) groups is 1. The van der Waals surface area contributed by atoms with Crippen molar-refractivity contribution in [3.8, 4) is 17.1 Å². The van der Waals surface area contributed by atoms with Crippen molar-refractivity contribution >= 4 is 47.1 Å². The van der Waals surface area contributed by atoms with Crippen LogP contribution in [-0.2, 0) is 11.8 Å². The fourth-order valence-electron chi connectivity index (χ4n) is 2.26. The average molecular weight is 436 g/mol. The van der Waals surface area contributed by atoms with E-state index in [9.17, 15) is 9.90 Å². The molecule has 3 rings (SSSR count). The van der Waals surface area contributed by atoms with Gasteiger partial charge in [-0.1, -0.05) is 35.0 Å². The lowest BCUT2D eigenvalue weighted by molar-refractivity contribution is -0.118. The van der Waals surface area contributed by atoms with E-state index in [1.54, 1.807) is 28.8 Å². The van der Waals surface area contributed by atoms with Gasteiger partial charge in [0.25, 0.3) is 5.91 Å². The molecule has 1 amide bonds. The fourth-order valence-corrected chi connectivity index (χ4v) is 3.27. The zero-order valence-corrected chi connectivity index (χ0v) is 17.0. The second kappa shape index (κ2) is 9.09. The highest BCUT2D eigenvalue weighted by Crippen LogP contribution is 2.24.